The molecule has 0 bridgehead atoms. The molecule has 0 aliphatic rings. The Morgan fingerprint density at radius 3 is 1.23 bits per heavy atom. The third kappa shape index (κ3) is 22.6. The van der Waals surface area contributed by atoms with Crippen molar-refractivity contribution in [2.24, 2.45) is 0 Å². The Balaban J connectivity index is -0.000000157. The zero-order valence-electron chi connectivity index (χ0n) is 28.7. The fraction of sp³-hybridized carbons (Fsp3) is 0.267. The van der Waals surface area contributed by atoms with Crippen molar-refractivity contribution < 1.29 is 80.7 Å². The molecule has 13 nitrogen and oxygen atoms in total. The smallest absolute Gasteiger partial charge is 0.230 e. The minimum atomic E-state index is -0.0156. The van der Waals surface area contributed by atoms with Crippen LogP contribution < -0.4 is 4.73 Å². The molecule has 0 atom stereocenters. The Hall–Kier alpha value is -1.96. The molecule has 48 heavy (non-hydrogen) atoms. The van der Waals surface area contributed by atoms with E-state index >= 15 is 0 Å². The summed E-state index contributed by atoms with van der Waals surface area (Å²) in [5, 5.41) is 20.4. The molecular formula is C30H41Cl3N10O3Y2-2. The van der Waals surface area contributed by atoms with Crippen molar-refractivity contribution >= 4 is 34.8 Å². The van der Waals surface area contributed by atoms with Gasteiger partial charge in [-0.25, -0.2) is 24.9 Å². The van der Waals surface area contributed by atoms with Gasteiger partial charge in [-0.05, 0) is 48.5 Å². The van der Waals surface area contributed by atoms with Gasteiger partial charge in [0.15, 0.2) is 16.5 Å². The molecule has 5 heterocycles. The molecule has 0 fully saturated rings. The first-order valence-electron chi connectivity index (χ1n) is 12.5. The molecule has 0 aliphatic heterocycles. The molecule has 0 spiro atoms. The summed E-state index contributed by atoms with van der Waals surface area (Å²) in [6, 6.07) is 0. The van der Waals surface area contributed by atoms with Crippen LogP contribution >= 0.6 is 34.8 Å². The van der Waals surface area contributed by atoms with Gasteiger partial charge in [0.05, 0.1) is 52.8 Å². The monoisotopic (exact) mass is 872 g/mol. The molecule has 3 N–H and O–H groups in total. The predicted molar refractivity (Wildman–Crippen MR) is 182 cm³/mol. The zero-order chi connectivity index (χ0) is 32.5. The number of aryl methyl sites for hydroxylation is 7. The molecule has 0 saturated carbocycles. The number of hydrogen-bond acceptors (Lipinski definition) is 11. The standard InChI is InChI=1S/C6H7ClN2.2C6H8N2O.C6H8N2.C4H2Cl2N2.2CH3.H2O.2Y/c1-4-5(2)9-6(7)3-8-4;1-5-6(2)8(9)4-3-7-5;1-4-5(2)8-6(9)3-7-4;1-5-6(2)8-4-3-7-5;5-3-4(6)8-2-1-7-3;;;;;/h3H,1-2H3;3-4H,1-2H3;3H,1-2H3,(H,8,9);3-4H,1-2H3;1-2H;2*1H3;1H2;;/q;;;;;2*-1;;;. The maximum absolute atomic E-state index is 10.7. The predicted octanol–water partition coefficient (Wildman–Crippen LogP) is 5.83. The van der Waals surface area contributed by atoms with Crippen LogP contribution in [0.4, 0.5) is 0 Å². The molecule has 0 aromatic carbocycles. The van der Waals surface area contributed by atoms with E-state index in [4.69, 9.17) is 39.9 Å². The van der Waals surface area contributed by atoms with E-state index in [1.165, 1.54) is 31.0 Å². The number of aromatic hydroxyl groups is 1. The van der Waals surface area contributed by atoms with Crippen LogP contribution in [0.5, 0.6) is 5.88 Å². The van der Waals surface area contributed by atoms with Gasteiger partial charge in [-0.2, -0.15) is 4.73 Å². The second kappa shape index (κ2) is 29.9. The van der Waals surface area contributed by atoms with Crippen molar-refractivity contribution in [3.05, 3.63) is 131 Å². The maximum Gasteiger partial charge on any atom is 0.230 e. The van der Waals surface area contributed by atoms with Gasteiger partial charge in [-0.1, -0.05) is 34.8 Å². The molecule has 0 aliphatic carbocycles. The zero-order valence-corrected chi connectivity index (χ0v) is 36.7. The van der Waals surface area contributed by atoms with Crippen LogP contribution in [-0.4, -0.2) is 55.4 Å². The average molecular weight is 874 g/mol. The first-order valence-corrected chi connectivity index (χ1v) is 13.7. The molecule has 18 heteroatoms. The van der Waals surface area contributed by atoms with Crippen LogP contribution in [0.2, 0.25) is 15.5 Å². The van der Waals surface area contributed by atoms with E-state index in [-0.39, 0.29) is 102 Å². The van der Waals surface area contributed by atoms with Crippen LogP contribution in [-0.2, 0) is 65.4 Å². The van der Waals surface area contributed by atoms with E-state index in [9.17, 15) is 5.21 Å². The minimum absolute atomic E-state index is 0. The van der Waals surface area contributed by atoms with E-state index in [0.29, 0.717) is 10.8 Å². The summed E-state index contributed by atoms with van der Waals surface area (Å²) < 4.78 is 0.808. The Labute approximate surface area is 348 Å². The Kier molecular flexibility index (Phi) is 34.6. The molecule has 0 saturated heterocycles. The average Bonchev–Trinajstić information content (AvgIpc) is 2.96. The van der Waals surface area contributed by atoms with Crippen LogP contribution in [0.1, 0.15) is 45.6 Å². The molecule has 5 aromatic heterocycles. The molecule has 5 aromatic rings. The quantitative estimate of drug-likeness (QED) is 0.112. The fourth-order valence-corrected chi connectivity index (χ4v) is 2.78. The van der Waals surface area contributed by atoms with Gasteiger partial charge in [0, 0.05) is 97.1 Å². The van der Waals surface area contributed by atoms with E-state index < -0.39 is 0 Å². The van der Waals surface area contributed by atoms with Crippen molar-refractivity contribution in [2.75, 3.05) is 0 Å². The Bertz CT molecular complexity index is 1460. The summed E-state index contributed by atoms with van der Waals surface area (Å²) in [6.07, 6.45) is 12.1. The second-order valence-electron chi connectivity index (χ2n) is 8.55. The van der Waals surface area contributed by atoms with Gasteiger partial charge >= 0.3 is 0 Å². The van der Waals surface area contributed by atoms with E-state index in [2.05, 4.69) is 44.9 Å². The first kappa shape index (κ1) is 55.4. The van der Waals surface area contributed by atoms with Gasteiger partial charge in [0.1, 0.15) is 10.8 Å². The topological polar surface area (TPSA) is 195 Å². The molecular weight excluding hydrogens is 833 g/mol. The fourth-order valence-electron chi connectivity index (χ4n) is 2.39. The summed E-state index contributed by atoms with van der Waals surface area (Å²) in [5.74, 6) is -0.0156. The number of aromatic nitrogens is 10. The Morgan fingerprint density at radius 1 is 0.542 bits per heavy atom. The third-order valence-corrected chi connectivity index (χ3v) is 6.24. The second-order valence-corrected chi connectivity index (χ2v) is 9.65. The largest absolute Gasteiger partial charge is 0.618 e. The van der Waals surface area contributed by atoms with Crippen molar-refractivity contribution in [3.8, 4) is 5.88 Å². The summed E-state index contributed by atoms with van der Waals surface area (Å²) in [6.45, 7) is 14.9. The van der Waals surface area contributed by atoms with Crippen molar-refractivity contribution in [3.63, 3.8) is 0 Å². The molecule has 0 unspecified atom stereocenters. The van der Waals surface area contributed by atoms with Crippen LogP contribution in [0.25, 0.3) is 0 Å². The van der Waals surface area contributed by atoms with Crippen molar-refractivity contribution in [1.29, 1.82) is 0 Å². The van der Waals surface area contributed by atoms with Gasteiger partial charge in [0.25, 0.3) is 0 Å². The summed E-state index contributed by atoms with van der Waals surface area (Å²) >= 11 is 16.3. The van der Waals surface area contributed by atoms with E-state index in [1.807, 2.05) is 48.5 Å². The van der Waals surface area contributed by atoms with Crippen LogP contribution in [0, 0.1) is 75.5 Å². The van der Waals surface area contributed by atoms with Crippen LogP contribution in [0.3, 0.4) is 0 Å². The SMILES string of the molecule is Cc1ncc(Cl)nc1C.Cc1ncc(O)nc1C.Cc1ncc[n+]([O-])c1C.Cc1nccnc1C.Clc1nccnc1Cl.O.[CH3-].[CH3-].[Y].[Y]. The van der Waals surface area contributed by atoms with Gasteiger partial charge in [-0.3, -0.25) is 19.9 Å². The summed E-state index contributed by atoms with van der Waals surface area (Å²) in [7, 11) is 0. The summed E-state index contributed by atoms with van der Waals surface area (Å²) in [5.41, 5.74) is 6.91. The third-order valence-electron chi connectivity index (χ3n) is 5.41. The van der Waals surface area contributed by atoms with Crippen molar-refractivity contribution in [2.45, 2.75) is 55.4 Å². The van der Waals surface area contributed by atoms with Crippen molar-refractivity contribution in [1.82, 2.24) is 44.9 Å². The van der Waals surface area contributed by atoms with Crippen LogP contribution in [0.15, 0.2) is 49.6 Å². The summed E-state index contributed by atoms with van der Waals surface area (Å²) in [4.78, 5) is 34.8. The van der Waals surface area contributed by atoms with Gasteiger partial charge < -0.3 is 30.6 Å². The number of rotatable bonds is 0. The first-order chi connectivity index (χ1) is 20.2. The molecule has 0 amide bonds. The van der Waals surface area contributed by atoms with Gasteiger partial charge in [0.2, 0.25) is 11.6 Å². The number of halogens is 3. The number of nitrogens with zero attached hydrogens (tertiary/aromatic N) is 10. The van der Waals surface area contributed by atoms with Gasteiger partial charge in [-0.15, -0.1) is 0 Å². The molecule has 2 radical (unpaired) electrons. The maximum atomic E-state index is 10.7. The Morgan fingerprint density at radius 2 is 0.917 bits per heavy atom. The normalized spacial score (nSPS) is 8.48. The van der Waals surface area contributed by atoms with E-state index in [1.54, 1.807) is 25.5 Å². The van der Waals surface area contributed by atoms with E-state index in [0.717, 1.165) is 44.6 Å². The molecule has 5 rings (SSSR count). The minimum Gasteiger partial charge on any atom is -0.618 e. The molecule has 258 valence electrons. The number of hydrogen-bond donors (Lipinski definition) is 1.